The number of nitrogens with one attached hydrogen (secondary N) is 1. The lowest BCUT2D eigenvalue weighted by Gasteiger charge is -2.56. The molecule has 40 heavy (non-hydrogen) atoms. The number of carbonyl (C=O) groups excluding carboxylic acids is 4. The zero-order valence-electron chi connectivity index (χ0n) is 22.3. The van der Waals surface area contributed by atoms with Crippen molar-refractivity contribution in [1.29, 1.82) is 0 Å². The summed E-state index contributed by atoms with van der Waals surface area (Å²) in [5.41, 5.74) is -0.598. The van der Waals surface area contributed by atoms with E-state index in [4.69, 9.17) is 23.7 Å². The average molecular weight is 591 g/mol. The molecule has 0 spiro atoms. The molecule has 3 heterocycles. The number of benzene rings is 1. The van der Waals surface area contributed by atoms with Crippen molar-refractivity contribution >= 4 is 46.9 Å². The third-order valence-corrected chi connectivity index (χ3v) is 8.39. The van der Waals surface area contributed by atoms with Gasteiger partial charge >= 0.3 is 11.9 Å². The van der Waals surface area contributed by atoms with Crippen molar-refractivity contribution < 1.29 is 42.9 Å². The first-order valence-electron chi connectivity index (χ1n) is 12.4. The van der Waals surface area contributed by atoms with Crippen LogP contribution in [0.4, 0.5) is 0 Å². The minimum absolute atomic E-state index is 0.0259. The first-order valence-corrected chi connectivity index (χ1v) is 14.3. The van der Waals surface area contributed by atoms with Crippen LogP contribution in [-0.2, 0) is 51.2 Å². The van der Waals surface area contributed by atoms with Gasteiger partial charge in [0.2, 0.25) is 5.91 Å². The first-order chi connectivity index (χ1) is 19.3. The summed E-state index contributed by atoms with van der Waals surface area (Å²) in [5, 5.41) is 3.88. The molecule has 13 heteroatoms. The molecule has 0 bridgehead atoms. The van der Waals surface area contributed by atoms with Crippen molar-refractivity contribution in [3.05, 3.63) is 63.5 Å². The van der Waals surface area contributed by atoms with Gasteiger partial charge in [-0.1, -0.05) is 18.2 Å². The zero-order valence-corrected chi connectivity index (χ0v) is 23.9. The van der Waals surface area contributed by atoms with Crippen LogP contribution in [0.25, 0.3) is 0 Å². The SMILES string of the molecule is COCCO[C@@]1(NC(=O)Cc2cccs2)C(=O)N2C(C(=O)OCc3ccc(OC)cc3)=C(COC(C)=O)CS[C@@H]21. The molecule has 2 amide bonds. The topological polar surface area (TPSA) is 130 Å². The van der Waals surface area contributed by atoms with E-state index in [1.807, 2.05) is 17.5 Å². The summed E-state index contributed by atoms with van der Waals surface area (Å²) in [4.78, 5) is 53.7. The van der Waals surface area contributed by atoms with Crippen LogP contribution in [0.5, 0.6) is 5.75 Å². The molecule has 11 nitrogen and oxygen atoms in total. The minimum atomic E-state index is -1.70. The van der Waals surface area contributed by atoms with Crippen molar-refractivity contribution in [1.82, 2.24) is 10.2 Å². The van der Waals surface area contributed by atoms with Crippen LogP contribution in [0.3, 0.4) is 0 Å². The second-order valence-corrected chi connectivity index (χ2v) is 11.0. The molecule has 1 N–H and O–H groups in total. The predicted molar refractivity (Wildman–Crippen MR) is 146 cm³/mol. The van der Waals surface area contributed by atoms with Crippen molar-refractivity contribution in [2.45, 2.75) is 31.1 Å². The second-order valence-electron chi connectivity index (χ2n) is 8.88. The minimum Gasteiger partial charge on any atom is -0.497 e. The first kappa shape index (κ1) is 29.6. The van der Waals surface area contributed by atoms with Gasteiger partial charge in [-0.05, 0) is 29.1 Å². The molecule has 0 unspecified atom stereocenters. The van der Waals surface area contributed by atoms with Crippen molar-refractivity contribution in [3.63, 3.8) is 0 Å². The number of rotatable bonds is 13. The Hall–Kier alpha value is -3.39. The lowest BCUT2D eigenvalue weighted by molar-refractivity contribution is -0.201. The third-order valence-electron chi connectivity index (χ3n) is 6.14. The van der Waals surface area contributed by atoms with Crippen LogP contribution in [0.15, 0.2) is 53.0 Å². The van der Waals surface area contributed by atoms with Gasteiger partial charge in [0.05, 0.1) is 26.7 Å². The molecular formula is C27H30N2O9S2. The Morgan fingerprint density at radius 3 is 2.50 bits per heavy atom. The Labute approximate surface area is 239 Å². The predicted octanol–water partition coefficient (Wildman–Crippen LogP) is 2.25. The van der Waals surface area contributed by atoms with Crippen molar-refractivity contribution in [3.8, 4) is 5.75 Å². The van der Waals surface area contributed by atoms with Gasteiger partial charge < -0.3 is 29.0 Å². The van der Waals surface area contributed by atoms with Crippen LogP contribution >= 0.6 is 23.1 Å². The highest BCUT2D eigenvalue weighted by molar-refractivity contribution is 8.00. The normalized spacial score (nSPS) is 19.9. The highest BCUT2D eigenvalue weighted by Gasteiger charge is 2.67. The molecule has 2 aromatic rings. The second kappa shape index (κ2) is 13.3. The van der Waals surface area contributed by atoms with Gasteiger partial charge in [0, 0.05) is 30.2 Å². The molecule has 2 aliphatic rings. The summed E-state index contributed by atoms with van der Waals surface area (Å²) < 4.78 is 26.9. The number of hydrogen-bond acceptors (Lipinski definition) is 11. The number of thiophene rings is 1. The number of carbonyl (C=O) groups is 4. The van der Waals surface area contributed by atoms with E-state index < -0.39 is 34.9 Å². The van der Waals surface area contributed by atoms with E-state index in [1.54, 1.807) is 31.4 Å². The summed E-state index contributed by atoms with van der Waals surface area (Å²) in [6.45, 7) is 1.24. The summed E-state index contributed by atoms with van der Waals surface area (Å²) in [6, 6.07) is 10.7. The Kier molecular flexibility index (Phi) is 9.85. The average Bonchev–Trinajstić information content (AvgIpc) is 3.46. The molecule has 0 aliphatic carbocycles. The maximum absolute atomic E-state index is 13.8. The van der Waals surface area contributed by atoms with Crippen LogP contribution < -0.4 is 10.1 Å². The smallest absolute Gasteiger partial charge is 0.355 e. The summed E-state index contributed by atoms with van der Waals surface area (Å²) >= 11 is 2.71. The number of esters is 2. The van der Waals surface area contributed by atoms with Crippen LogP contribution in [0.2, 0.25) is 0 Å². The quantitative estimate of drug-likeness (QED) is 0.160. The molecule has 1 aromatic carbocycles. The molecule has 1 aromatic heterocycles. The number of amides is 2. The molecule has 1 fully saturated rings. The molecule has 0 saturated carbocycles. The monoisotopic (exact) mass is 590 g/mol. The van der Waals surface area contributed by atoms with E-state index in [0.29, 0.717) is 16.9 Å². The zero-order chi connectivity index (χ0) is 28.7. The Morgan fingerprint density at radius 2 is 1.85 bits per heavy atom. The molecule has 2 aliphatic heterocycles. The van der Waals surface area contributed by atoms with E-state index in [1.165, 1.54) is 42.0 Å². The Bertz CT molecular complexity index is 1260. The fraction of sp³-hybridized carbons (Fsp3) is 0.407. The van der Waals surface area contributed by atoms with Gasteiger partial charge in [-0.15, -0.1) is 23.1 Å². The number of β-lactam (4-membered cyclic amide) rings is 1. The molecule has 214 valence electrons. The number of hydrogen-bond donors (Lipinski definition) is 1. The number of ether oxygens (including phenoxy) is 5. The van der Waals surface area contributed by atoms with E-state index in [2.05, 4.69) is 5.32 Å². The maximum Gasteiger partial charge on any atom is 0.355 e. The lowest BCUT2D eigenvalue weighted by atomic mass is 9.97. The molecule has 2 atom stereocenters. The molecular weight excluding hydrogens is 560 g/mol. The highest BCUT2D eigenvalue weighted by atomic mass is 32.2. The Balaban J connectivity index is 1.57. The van der Waals surface area contributed by atoms with Crippen molar-refractivity contribution in [2.75, 3.05) is 39.8 Å². The van der Waals surface area contributed by atoms with Crippen LogP contribution in [0.1, 0.15) is 17.4 Å². The maximum atomic E-state index is 13.8. The van der Waals surface area contributed by atoms with Gasteiger partial charge in [-0.25, -0.2) is 4.79 Å². The summed E-state index contributed by atoms with van der Waals surface area (Å²) in [7, 11) is 3.05. The highest BCUT2D eigenvalue weighted by Crippen LogP contribution is 2.47. The number of fused-ring (bicyclic) bond motifs is 1. The van der Waals surface area contributed by atoms with E-state index in [-0.39, 0.29) is 44.3 Å². The van der Waals surface area contributed by atoms with Gasteiger partial charge in [0.15, 0.2) is 0 Å². The third kappa shape index (κ3) is 6.49. The molecule has 0 radical (unpaired) electrons. The molecule has 1 saturated heterocycles. The summed E-state index contributed by atoms with van der Waals surface area (Å²) in [6.07, 6.45) is 0.0715. The van der Waals surface area contributed by atoms with Gasteiger partial charge in [0.1, 0.15) is 30.0 Å². The standard InChI is InChI=1S/C27H30N2O9S2/c1-17(30)36-15-19-16-40-26-27(38-11-10-34-2,28-22(31)13-21-5-4-12-39-21)25(33)29(26)23(19)24(32)37-14-18-6-8-20(35-3)9-7-18/h4-9,12,26H,10-11,13-16H2,1-3H3,(H,28,31)/t26-,27+/m1/s1. The number of thioether (sulfide) groups is 1. The van der Waals surface area contributed by atoms with E-state index in [9.17, 15) is 19.2 Å². The largest absolute Gasteiger partial charge is 0.497 e. The van der Waals surface area contributed by atoms with E-state index >= 15 is 0 Å². The van der Waals surface area contributed by atoms with Gasteiger partial charge in [-0.2, -0.15) is 0 Å². The summed E-state index contributed by atoms with van der Waals surface area (Å²) in [5.74, 6) is -1.41. The van der Waals surface area contributed by atoms with Gasteiger partial charge in [0.25, 0.3) is 11.6 Å². The van der Waals surface area contributed by atoms with Crippen LogP contribution in [-0.4, -0.2) is 79.5 Å². The fourth-order valence-corrected chi connectivity index (χ4v) is 6.30. The number of nitrogens with zero attached hydrogens (tertiary/aromatic N) is 1. The number of methoxy groups -OCH3 is 2. The van der Waals surface area contributed by atoms with Crippen LogP contribution in [0, 0.1) is 0 Å². The lowest BCUT2D eigenvalue weighted by Crippen LogP contribution is -2.81. The Morgan fingerprint density at radius 1 is 1.07 bits per heavy atom. The fourth-order valence-electron chi connectivity index (χ4n) is 4.21. The van der Waals surface area contributed by atoms with Gasteiger partial charge in [-0.3, -0.25) is 19.3 Å². The van der Waals surface area contributed by atoms with Crippen molar-refractivity contribution in [2.24, 2.45) is 0 Å². The molecule has 4 rings (SSSR count). The van der Waals surface area contributed by atoms with E-state index in [0.717, 1.165) is 4.88 Å².